The minimum atomic E-state index is 0.239. The number of hydrogen-bond donors (Lipinski definition) is 2. The molecular weight excluding hydrogens is 236 g/mol. The van der Waals surface area contributed by atoms with Crippen molar-refractivity contribution in [3.63, 3.8) is 0 Å². The zero-order chi connectivity index (χ0) is 13.2. The highest BCUT2D eigenvalue weighted by Crippen LogP contribution is 2.24. The van der Waals surface area contributed by atoms with E-state index >= 15 is 0 Å². The predicted molar refractivity (Wildman–Crippen MR) is 78.4 cm³/mol. The Morgan fingerprint density at radius 1 is 0.947 bits per heavy atom. The lowest BCUT2D eigenvalue weighted by molar-refractivity contribution is 0.476. The lowest BCUT2D eigenvalue weighted by Gasteiger charge is -2.05. The molecule has 0 aliphatic rings. The lowest BCUT2D eigenvalue weighted by Crippen LogP contribution is -1.88. The van der Waals surface area contributed by atoms with Crippen LogP contribution in [-0.2, 0) is 0 Å². The highest BCUT2D eigenvalue weighted by atomic mass is 16.3. The second-order valence-electron chi connectivity index (χ2n) is 4.40. The average Bonchev–Trinajstić information content (AvgIpc) is 2.46. The molecule has 3 heteroatoms. The number of nitrogens with zero attached hydrogens (tertiary/aromatic N) is 1. The third-order valence-electron chi connectivity index (χ3n) is 3.15. The summed E-state index contributed by atoms with van der Waals surface area (Å²) >= 11 is 0. The fourth-order valence-electron chi connectivity index (χ4n) is 2.07. The highest BCUT2D eigenvalue weighted by molar-refractivity contribution is 5.82. The maximum atomic E-state index is 9.51. The number of phenolic OH excluding ortho intramolecular Hbond substituents is 1. The fourth-order valence-corrected chi connectivity index (χ4v) is 2.07. The Kier molecular flexibility index (Phi) is 2.80. The molecule has 0 aliphatic carbocycles. The van der Waals surface area contributed by atoms with E-state index in [-0.39, 0.29) is 5.75 Å². The number of rotatable bonds is 2. The first-order chi connectivity index (χ1) is 9.26. The number of aromatic hydroxyl groups is 1. The largest absolute Gasteiger partial charge is 0.508 e. The van der Waals surface area contributed by atoms with Crippen molar-refractivity contribution in [1.82, 2.24) is 4.98 Å². The van der Waals surface area contributed by atoms with Gasteiger partial charge < -0.3 is 10.4 Å². The van der Waals surface area contributed by atoms with E-state index in [2.05, 4.69) is 10.3 Å². The maximum absolute atomic E-state index is 9.51. The van der Waals surface area contributed by atoms with Gasteiger partial charge in [-0.3, -0.25) is 0 Å². The Balaban J connectivity index is 2.08. The van der Waals surface area contributed by atoms with Gasteiger partial charge in [0.25, 0.3) is 0 Å². The van der Waals surface area contributed by atoms with Crippen LogP contribution < -0.4 is 5.32 Å². The summed E-state index contributed by atoms with van der Waals surface area (Å²) in [5.41, 5.74) is 3.84. The van der Waals surface area contributed by atoms with Gasteiger partial charge >= 0.3 is 0 Å². The van der Waals surface area contributed by atoms with Gasteiger partial charge in [-0.2, -0.15) is 0 Å². The van der Waals surface area contributed by atoms with E-state index < -0.39 is 0 Å². The maximum Gasteiger partial charge on any atom is 0.117 e. The summed E-state index contributed by atoms with van der Waals surface area (Å²) in [5.74, 6) is 0.239. The van der Waals surface area contributed by atoms with Gasteiger partial charge in [-0.25, -0.2) is 4.98 Å². The molecule has 1 heterocycles. The summed E-state index contributed by atoms with van der Waals surface area (Å²) < 4.78 is 0. The molecule has 0 atom stereocenters. The van der Waals surface area contributed by atoms with Gasteiger partial charge in [0.1, 0.15) is 5.75 Å². The Bertz CT molecular complexity index is 720. The van der Waals surface area contributed by atoms with Gasteiger partial charge in [-0.05, 0) is 30.3 Å². The molecule has 0 fully saturated rings. The molecular formula is C16H14N2O. The minimum Gasteiger partial charge on any atom is -0.508 e. The summed E-state index contributed by atoms with van der Waals surface area (Å²) in [6.07, 6.45) is 0. The van der Waals surface area contributed by atoms with Crippen molar-refractivity contribution in [2.45, 2.75) is 0 Å². The average molecular weight is 250 g/mol. The molecule has 1 aromatic heterocycles. The minimum absolute atomic E-state index is 0.239. The van der Waals surface area contributed by atoms with Gasteiger partial charge in [0.05, 0.1) is 11.2 Å². The molecule has 94 valence electrons. The Morgan fingerprint density at radius 3 is 2.42 bits per heavy atom. The summed E-state index contributed by atoms with van der Waals surface area (Å²) in [6, 6.07) is 17.3. The van der Waals surface area contributed by atoms with Crippen molar-refractivity contribution in [1.29, 1.82) is 0 Å². The molecule has 2 N–H and O–H groups in total. The second-order valence-corrected chi connectivity index (χ2v) is 4.40. The summed E-state index contributed by atoms with van der Waals surface area (Å²) in [4.78, 5) is 4.58. The third kappa shape index (κ3) is 2.22. The molecule has 0 radical (unpaired) electrons. The zero-order valence-electron chi connectivity index (χ0n) is 10.6. The number of fused-ring (bicyclic) bond motifs is 1. The molecule has 2 aromatic carbocycles. The van der Waals surface area contributed by atoms with E-state index in [1.54, 1.807) is 12.1 Å². The highest BCUT2D eigenvalue weighted by Gasteiger charge is 2.02. The molecule has 19 heavy (non-hydrogen) atoms. The molecule has 3 rings (SSSR count). The van der Waals surface area contributed by atoms with E-state index in [1.807, 2.05) is 49.5 Å². The molecule has 3 nitrogen and oxygen atoms in total. The molecule has 0 unspecified atom stereocenters. The smallest absolute Gasteiger partial charge is 0.117 e. The van der Waals surface area contributed by atoms with Crippen LogP contribution in [0.25, 0.3) is 22.2 Å². The van der Waals surface area contributed by atoms with Gasteiger partial charge in [-0.15, -0.1) is 0 Å². The van der Waals surface area contributed by atoms with Crippen LogP contribution in [-0.4, -0.2) is 17.1 Å². The SMILES string of the molecule is CNc1ccc(-c2ccc3ccc(O)cc3n2)cc1. The van der Waals surface area contributed by atoms with E-state index in [0.717, 1.165) is 27.8 Å². The Hall–Kier alpha value is -2.55. The van der Waals surface area contributed by atoms with E-state index in [0.29, 0.717) is 0 Å². The molecule has 0 amide bonds. The van der Waals surface area contributed by atoms with Crippen LogP contribution in [0.15, 0.2) is 54.6 Å². The van der Waals surface area contributed by atoms with Crippen LogP contribution in [0.3, 0.4) is 0 Å². The molecule has 0 spiro atoms. The molecule has 0 saturated heterocycles. The Labute approximate surface area is 111 Å². The first-order valence-electron chi connectivity index (χ1n) is 6.14. The topological polar surface area (TPSA) is 45.1 Å². The number of hydrogen-bond acceptors (Lipinski definition) is 3. The van der Waals surface area contributed by atoms with Gasteiger partial charge in [0, 0.05) is 29.8 Å². The Morgan fingerprint density at radius 2 is 1.68 bits per heavy atom. The van der Waals surface area contributed by atoms with Crippen LogP contribution in [0.5, 0.6) is 5.75 Å². The van der Waals surface area contributed by atoms with Crippen molar-refractivity contribution in [2.75, 3.05) is 12.4 Å². The van der Waals surface area contributed by atoms with Gasteiger partial charge in [-0.1, -0.05) is 18.2 Å². The van der Waals surface area contributed by atoms with Crippen LogP contribution in [0.2, 0.25) is 0 Å². The number of nitrogens with one attached hydrogen (secondary N) is 1. The molecule has 0 saturated carbocycles. The van der Waals surface area contributed by atoms with Crippen molar-refractivity contribution >= 4 is 16.6 Å². The number of phenols is 1. The lowest BCUT2D eigenvalue weighted by atomic mass is 10.1. The van der Waals surface area contributed by atoms with Crippen molar-refractivity contribution < 1.29 is 5.11 Å². The van der Waals surface area contributed by atoms with E-state index in [1.165, 1.54) is 0 Å². The molecule has 3 aromatic rings. The van der Waals surface area contributed by atoms with Crippen LogP contribution in [0.4, 0.5) is 5.69 Å². The fraction of sp³-hybridized carbons (Fsp3) is 0.0625. The zero-order valence-corrected chi connectivity index (χ0v) is 10.6. The first kappa shape index (κ1) is 11.5. The number of benzene rings is 2. The van der Waals surface area contributed by atoms with E-state index in [4.69, 9.17) is 0 Å². The molecule has 0 aliphatic heterocycles. The summed E-state index contributed by atoms with van der Waals surface area (Å²) in [5, 5.41) is 13.6. The summed E-state index contributed by atoms with van der Waals surface area (Å²) in [7, 11) is 1.89. The number of anilines is 1. The van der Waals surface area contributed by atoms with E-state index in [9.17, 15) is 5.11 Å². The van der Waals surface area contributed by atoms with Crippen LogP contribution in [0.1, 0.15) is 0 Å². The van der Waals surface area contributed by atoms with Gasteiger partial charge in [0.15, 0.2) is 0 Å². The normalized spacial score (nSPS) is 10.6. The molecule has 0 bridgehead atoms. The van der Waals surface area contributed by atoms with Crippen molar-refractivity contribution in [2.24, 2.45) is 0 Å². The first-order valence-corrected chi connectivity index (χ1v) is 6.14. The quantitative estimate of drug-likeness (QED) is 0.729. The van der Waals surface area contributed by atoms with Crippen molar-refractivity contribution in [3.8, 4) is 17.0 Å². The monoisotopic (exact) mass is 250 g/mol. The number of aromatic nitrogens is 1. The van der Waals surface area contributed by atoms with Gasteiger partial charge in [0.2, 0.25) is 0 Å². The second kappa shape index (κ2) is 4.61. The third-order valence-corrected chi connectivity index (χ3v) is 3.15. The number of pyridine rings is 1. The predicted octanol–water partition coefficient (Wildman–Crippen LogP) is 3.65. The summed E-state index contributed by atoms with van der Waals surface area (Å²) in [6.45, 7) is 0. The standard InChI is InChI=1S/C16H14N2O/c1-17-13-6-2-11(3-7-13)15-9-5-12-4-8-14(19)10-16(12)18-15/h2-10,17,19H,1H3. The van der Waals surface area contributed by atoms with Crippen LogP contribution >= 0.6 is 0 Å². The van der Waals surface area contributed by atoms with Crippen LogP contribution in [0, 0.1) is 0 Å². The van der Waals surface area contributed by atoms with Crippen molar-refractivity contribution in [3.05, 3.63) is 54.6 Å².